The number of aryl methyl sites for hydroxylation is 2. The zero-order valence-electron chi connectivity index (χ0n) is 22.8. The summed E-state index contributed by atoms with van der Waals surface area (Å²) < 4.78 is 0. The van der Waals surface area contributed by atoms with Crippen LogP contribution in [0, 0.1) is 6.92 Å². The molecule has 38 heavy (non-hydrogen) atoms. The first kappa shape index (κ1) is 26.9. The number of ketones is 1. The van der Waals surface area contributed by atoms with Gasteiger partial charge in [-0.3, -0.25) is 19.3 Å². The highest BCUT2D eigenvalue weighted by molar-refractivity contribution is 6.51. The number of anilines is 2. The Bertz CT molecular complexity index is 1430. The molecule has 6 heteroatoms. The molecule has 2 amide bonds. The van der Waals surface area contributed by atoms with Gasteiger partial charge in [-0.15, -0.1) is 0 Å². The van der Waals surface area contributed by atoms with Gasteiger partial charge in [-0.25, -0.2) is 0 Å². The van der Waals surface area contributed by atoms with Crippen molar-refractivity contribution in [3.63, 3.8) is 0 Å². The lowest BCUT2D eigenvalue weighted by Gasteiger charge is -2.26. The lowest BCUT2D eigenvalue weighted by Crippen LogP contribution is -2.29. The molecule has 1 fully saturated rings. The summed E-state index contributed by atoms with van der Waals surface area (Å²) in [5, 5.41) is 14.4. The Labute approximate surface area is 224 Å². The van der Waals surface area contributed by atoms with E-state index in [1.54, 1.807) is 24.3 Å². The van der Waals surface area contributed by atoms with E-state index in [9.17, 15) is 19.5 Å². The van der Waals surface area contributed by atoms with Gasteiger partial charge in [-0.05, 0) is 71.3 Å². The number of hydrogen-bond acceptors (Lipinski definition) is 4. The molecule has 0 aliphatic carbocycles. The first-order chi connectivity index (χ1) is 17.9. The molecule has 4 rings (SSSR count). The summed E-state index contributed by atoms with van der Waals surface area (Å²) in [6, 6.07) is 19.5. The minimum absolute atomic E-state index is 0.0549. The van der Waals surface area contributed by atoms with Crippen molar-refractivity contribution in [3.8, 4) is 0 Å². The molecular weight excluding hydrogens is 476 g/mol. The number of hydrogen-bond donors (Lipinski definition) is 2. The van der Waals surface area contributed by atoms with Gasteiger partial charge in [-0.2, -0.15) is 0 Å². The van der Waals surface area contributed by atoms with Crippen LogP contribution in [0.1, 0.15) is 68.5 Å². The minimum Gasteiger partial charge on any atom is -0.507 e. The van der Waals surface area contributed by atoms with Crippen molar-refractivity contribution in [2.75, 3.05) is 10.2 Å². The second-order valence-electron chi connectivity index (χ2n) is 10.8. The van der Waals surface area contributed by atoms with Crippen LogP contribution in [-0.4, -0.2) is 22.7 Å². The Balaban J connectivity index is 1.92. The molecule has 1 atom stereocenters. The van der Waals surface area contributed by atoms with E-state index < -0.39 is 17.7 Å². The van der Waals surface area contributed by atoms with Gasteiger partial charge in [0.05, 0.1) is 11.6 Å². The van der Waals surface area contributed by atoms with Gasteiger partial charge >= 0.3 is 0 Å². The third-order valence-corrected chi connectivity index (χ3v) is 6.97. The minimum atomic E-state index is -0.815. The summed E-state index contributed by atoms with van der Waals surface area (Å²) in [7, 11) is 0. The fourth-order valence-corrected chi connectivity index (χ4v) is 4.75. The van der Waals surface area contributed by atoms with Crippen molar-refractivity contribution in [1.29, 1.82) is 0 Å². The predicted octanol–water partition coefficient (Wildman–Crippen LogP) is 6.44. The monoisotopic (exact) mass is 510 g/mol. The van der Waals surface area contributed by atoms with Crippen molar-refractivity contribution >= 4 is 34.7 Å². The first-order valence-electron chi connectivity index (χ1n) is 12.8. The standard InChI is InChI=1S/C32H34N2O4/c1-7-21-9-11-22(12-10-21)28-27(29(36)26-18-23(32(4,5)6)13-8-19(26)2)30(37)31(38)34(28)25-16-14-24(15-17-25)33-20(3)35/h8-18,28,36H,7H2,1-6H3,(H,33,35)/b29-27+. The second kappa shape index (κ2) is 10.3. The molecule has 0 radical (unpaired) electrons. The molecule has 1 heterocycles. The van der Waals surface area contributed by atoms with E-state index in [4.69, 9.17) is 0 Å². The molecule has 1 aliphatic heterocycles. The quantitative estimate of drug-likeness (QED) is 0.235. The smallest absolute Gasteiger partial charge is 0.300 e. The number of carbonyl (C=O) groups is 3. The summed E-state index contributed by atoms with van der Waals surface area (Å²) in [6.45, 7) is 11.6. The van der Waals surface area contributed by atoms with Crippen LogP contribution in [0.5, 0.6) is 0 Å². The maximum Gasteiger partial charge on any atom is 0.300 e. The van der Waals surface area contributed by atoms with Crippen LogP contribution in [0.2, 0.25) is 0 Å². The molecule has 3 aromatic carbocycles. The molecular formula is C32H34N2O4. The zero-order chi connectivity index (χ0) is 27.8. The highest BCUT2D eigenvalue weighted by Gasteiger charge is 2.47. The Morgan fingerprint density at radius 2 is 1.61 bits per heavy atom. The number of rotatable bonds is 5. The van der Waals surface area contributed by atoms with E-state index in [1.807, 2.05) is 49.4 Å². The van der Waals surface area contributed by atoms with Crippen LogP contribution >= 0.6 is 0 Å². The van der Waals surface area contributed by atoms with Gasteiger partial charge in [0.2, 0.25) is 5.91 Å². The van der Waals surface area contributed by atoms with Gasteiger partial charge in [0.1, 0.15) is 5.76 Å². The Kier molecular flexibility index (Phi) is 7.27. The van der Waals surface area contributed by atoms with Gasteiger partial charge in [-0.1, -0.05) is 64.1 Å². The third-order valence-electron chi connectivity index (χ3n) is 6.97. The van der Waals surface area contributed by atoms with Gasteiger partial charge in [0, 0.05) is 23.9 Å². The van der Waals surface area contributed by atoms with E-state index in [1.165, 1.54) is 11.8 Å². The number of Topliss-reactive ketones (excluding diaryl/α,β-unsaturated/α-hetero) is 1. The average molecular weight is 511 g/mol. The number of nitrogens with one attached hydrogen (secondary N) is 1. The van der Waals surface area contributed by atoms with Crippen molar-refractivity contribution in [2.24, 2.45) is 0 Å². The summed E-state index contributed by atoms with van der Waals surface area (Å²) in [6.07, 6.45) is 0.851. The molecule has 1 aliphatic rings. The molecule has 1 unspecified atom stereocenters. The molecule has 1 saturated heterocycles. The number of aliphatic hydroxyl groups excluding tert-OH is 1. The van der Waals surface area contributed by atoms with Crippen molar-refractivity contribution in [3.05, 3.63) is 100 Å². The normalized spacial score (nSPS) is 17.1. The van der Waals surface area contributed by atoms with Crippen LogP contribution in [0.4, 0.5) is 11.4 Å². The average Bonchev–Trinajstić information content (AvgIpc) is 3.13. The Hall–Kier alpha value is -4.19. The van der Waals surface area contributed by atoms with Crippen LogP contribution in [-0.2, 0) is 26.2 Å². The Morgan fingerprint density at radius 1 is 0.974 bits per heavy atom. The lowest BCUT2D eigenvalue weighted by molar-refractivity contribution is -0.132. The first-order valence-corrected chi connectivity index (χ1v) is 12.8. The fourth-order valence-electron chi connectivity index (χ4n) is 4.75. The summed E-state index contributed by atoms with van der Waals surface area (Å²) >= 11 is 0. The summed E-state index contributed by atoms with van der Waals surface area (Å²) in [5.74, 6) is -1.84. The number of nitrogens with zero attached hydrogens (tertiary/aromatic N) is 1. The summed E-state index contributed by atoms with van der Waals surface area (Å²) in [4.78, 5) is 39.9. The highest BCUT2D eigenvalue weighted by atomic mass is 16.3. The molecule has 0 bridgehead atoms. The van der Waals surface area contributed by atoms with Gasteiger partial charge in [0.15, 0.2) is 0 Å². The number of carbonyl (C=O) groups excluding carboxylic acids is 3. The summed E-state index contributed by atoms with van der Waals surface area (Å²) in [5.41, 5.74) is 5.16. The predicted molar refractivity (Wildman–Crippen MR) is 151 cm³/mol. The maximum atomic E-state index is 13.6. The molecule has 3 aromatic rings. The highest BCUT2D eigenvalue weighted by Crippen LogP contribution is 2.43. The molecule has 2 N–H and O–H groups in total. The van der Waals surface area contributed by atoms with E-state index in [-0.39, 0.29) is 22.7 Å². The van der Waals surface area contributed by atoms with Crippen LogP contribution in [0.25, 0.3) is 5.76 Å². The number of aliphatic hydroxyl groups is 1. The molecule has 0 spiro atoms. The molecule has 0 saturated carbocycles. The molecule has 196 valence electrons. The van der Waals surface area contributed by atoms with E-state index in [0.717, 1.165) is 28.7 Å². The molecule has 6 nitrogen and oxygen atoms in total. The van der Waals surface area contributed by atoms with Crippen molar-refractivity contribution < 1.29 is 19.5 Å². The Morgan fingerprint density at radius 3 is 2.16 bits per heavy atom. The fraction of sp³-hybridized carbons (Fsp3) is 0.281. The topological polar surface area (TPSA) is 86.7 Å². The molecule has 0 aromatic heterocycles. The van der Waals surface area contributed by atoms with Crippen LogP contribution in [0.15, 0.2) is 72.3 Å². The zero-order valence-corrected chi connectivity index (χ0v) is 22.8. The van der Waals surface area contributed by atoms with Crippen molar-refractivity contribution in [1.82, 2.24) is 0 Å². The maximum absolute atomic E-state index is 13.6. The van der Waals surface area contributed by atoms with Gasteiger partial charge < -0.3 is 10.4 Å². The van der Waals surface area contributed by atoms with E-state index >= 15 is 0 Å². The lowest BCUT2D eigenvalue weighted by atomic mass is 9.84. The van der Waals surface area contributed by atoms with Crippen LogP contribution in [0.3, 0.4) is 0 Å². The van der Waals surface area contributed by atoms with Crippen LogP contribution < -0.4 is 10.2 Å². The number of amides is 2. The van der Waals surface area contributed by atoms with Gasteiger partial charge in [0.25, 0.3) is 11.7 Å². The van der Waals surface area contributed by atoms with E-state index in [2.05, 4.69) is 33.0 Å². The second-order valence-corrected chi connectivity index (χ2v) is 10.8. The largest absolute Gasteiger partial charge is 0.507 e. The number of benzene rings is 3. The third kappa shape index (κ3) is 5.12. The SMILES string of the molecule is CCc1ccc(C2/C(=C(\O)c3cc(C(C)(C)C)ccc3C)C(=O)C(=O)N2c2ccc(NC(C)=O)cc2)cc1. The van der Waals surface area contributed by atoms with E-state index in [0.29, 0.717) is 16.9 Å². The van der Waals surface area contributed by atoms with Crippen molar-refractivity contribution in [2.45, 2.75) is 59.4 Å².